The van der Waals surface area contributed by atoms with Gasteiger partial charge >= 0.3 is 6.03 Å². The fraction of sp³-hybridized carbons (Fsp3) is 0.619. The van der Waals surface area contributed by atoms with E-state index in [1.54, 1.807) is 12.0 Å². The number of carbonyl (C=O) groups excluding carboxylic acids is 2. The molecule has 1 aromatic rings. The normalized spacial score (nSPS) is 19.2. The molecular weight excluding hydrogens is 358 g/mol. The third kappa shape index (κ3) is 5.38. The molecule has 1 saturated carbocycles. The molecular formula is C21H31N3O4. The van der Waals surface area contributed by atoms with Crippen LogP contribution in [0.15, 0.2) is 24.3 Å². The van der Waals surface area contributed by atoms with E-state index in [2.05, 4.69) is 5.32 Å². The zero-order valence-electron chi connectivity index (χ0n) is 16.6. The van der Waals surface area contributed by atoms with Crippen LogP contribution in [0, 0.1) is 5.92 Å². The molecule has 3 rings (SSSR count). The van der Waals surface area contributed by atoms with Gasteiger partial charge in [0.1, 0.15) is 5.75 Å². The summed E-state index contributed by atoms with van der Waals surface area (Å²) < 4.78 is 5.40. The Bertz CT molecular complexity index is 677. The van der Waals surface area contributed by atoms with Gasteiger partial charge in [-0.1, -0.05) is 18.2 Å². The van der Waals surface area contributed by atoms with E-state index in [1.807, 2.05) is 29.2 Å². The van der Waals surface area contributed by atoms with E-state index in [4.69, 9.17) is 4.74 Å². The van der Waals surface area contributed by atoms with Gasteiger partial charge in [-0.05, 0) is 38.2 Å². The number of urea groups is 1. The molecule has 28 heavy (non-hydrogen) atoms. The van der Waals surface area contributed by atoms with Crippen LogP contribution in [0.4, 0.5) is 4.79 Å². The lowest BCUT2D eigenvalue weighted by atomic mass is 10.1. The Balaban J connectivity index is 1.61. The fourth-order valence-corrected chi connectivity index (χ4v) is 3.70. The third-order valence-electron chi connectivity index (χ3n) is 5.41. The van der Waals surface area contributed by atoms with Gasteiger partial charge < -0.3 is 25.0 Å². The molecule has 2 N–H and O–H groups in total. The maximum atomic E-state index is 12.9. The quantitative estimate of drug-likeness (QED) is 0.712. The van der Waals surface area contributed by atoms with Crippen molar-refractivity contribution < 1.29 is 19.4 Å². The Kier molecular flexibility index (Phi) is 7.14. The summed E-state index contributed by atoms with van der Waals surface area (Å²) in [7, 11) is 1.62. The van der Waals surface area contributed by atoms with Crippen LogP contribution >= 0.6 is 0 Å². The molecule has 3 amide bonds. The number of benzene rings is 1. The molecule has 1 aliphatic heterocycles. The van der Waals surface area contributed by atoms with E-state index in [9.17, 15) is 14.7 Å². The molecule has 2 fully saturated rings. The number of likely N-dealkylation sites (tertiary alicyclic amines) is 1. The first kappa shape index (κ1) is 20.5. The molecule has 1 aromatic carbocycles. The number of aliphatic hydroxyl groups excluding tert-OH is 1. The Hall–Kier alpha value is -2.28. The highest BCUT2D eigenvalue weighted by atomic mass is 16.5. The van der Waals surface area contributed by atoms with Crippen molar-refractivity contribution in [3.63, 3.8) is 0 Å². The summed E-state index contributed by atoms with van der Waals surface area (Å²) in [6.07, 6.45) is 4.30. The van der Waals surface area contributed by atoms with Crippen molar-refractivity contribution in [3.05, 3.63) is 29.8 Å². The first-order chi connectivity index (χ1) is 13.6. The standard InChI is InChI=1S/C21H31N3O4/c1-28-19-8-3-2-6-17(19)14-24(12-5-13-25)21(27)22-18-7-4-11-23(15-18)20(26)16-9-10-16/h2-3,6,8,16,18,25H,4-5,7,9-15H2,1H3,(H,22,27)/t18-/m0/s1. The number of amides is 3. The molecule has 154 valence electrons. The minimum absolute atomic E-state index is 0.0294. The van der Waals surface area contributed by atoms with Crippen molar-refractivity contribution >= 4 is 11.9 Å². The monoisotopic (exact) mass is 389 g/mol. The highest BCUT2D eigenvalue weighted by Crippen LogP contribution is 2.32. The lowest BCUT2D eigenvalue weighted by molar-refractivity contribution is -0.133. The van der Waals surface area contributed by atoms with Crippen LogP contribution in [0.1, 0.15) is 37.7 Å². The predicted octanol–water partition coefficient (Wildman–Crippen LogP) is 1.99. The van der Waals surface area contributed by atoms with E-state index >= 15 is 0 Å². The number of para-hydroxylation sites is 1. The van der Waals surface area contributed by atoms with Crippen molar-refractivity contribution in [2.45, 2.75) is 44.7 Å². The minimum Gasteiger partial charge on any atom is -0.496 e. The number of piperidine rings is 1. The van der Waals surface area contributed by atoms with Gasteiger partial charge in [-0.2, -0.15) is 0 Å². The lowest BCUT2D eigenvalue weighted by Crippen LogP contribution is -2.53. The van der Waals surface area contributed by atoms with Gasteiger partial charge in [-0.15, -0.1) is 0 Å². The predicted molar refractivity (Wildman–Crippen MR) is 106 cm³/mol. The molecule has 0 unspecified atom stereocenters. The summed E-state index contributed by atoms with van der Waals surface area (Å²) in [6.45, 7) is 2.27. The van der Waals surface area contributed by atoms with Gasteiger partial charge in [0.15, 0.2) is 0 Å². The average Bonchev–Trinajstić information content (AvgIpc) is 3.56. The second-order valence-corrected chi connectivity index (χ2v) is 7.66. The van der Waals surface area contributed by atoms with Crippen LogP contribution in [0.3, 0.4) is 0 Å². The van der Waals surface area contributed by atoms with Crippen molar-refractivity contribution in [1.29, 1.82) is 0 Å². The molecule has 2 aliphatic rings. The second-order valence-electron chi connectivity index (χ2n) is 7.66. The number of hydrogen-bond acceptors (Lipinski definition) is 4. The van der Waals surface area contributed by atoms with E-state index in [1.165, 1.54) is 0 Å². The van der Waals surface area contributed by atoms with E-state index in [-0.39, 0.29) is 30.5 Å². The van der Waals surface area contributed by atoms with Gasteiger partial charge in [-0.3, -0.25) is 4.79 Å². The topological polar surface area (TPSA) is 82.1 Å². The first-order valence-corrected chi connectivity index (χ1v) is 10.2. The maximum absolute atomic E-state index is 12.9. The average molecular weight is 389 g/mol. The molecule has 0 bridgehead atoms. The minimum atomic E-state index is -0.162. The van der Waals surface area contributed by atoms with Gasteiger partial charge in [0.05, 0.1) is 13.7 Å². The number of nitrogens with zero attached hydrogens (tertiary/aromatic N) is 2. The van der Waals surface area contributed by atoms with Crippen molar-refractivity contribution in [2.24, 2.45) is 5.92 Å². The highest BCUT2D eigenvalue weighted by Gasteiger charge is 2.35. The van der Waals surface area contributed by atoms with Crippen LogP contribution in [0.2, 0.25) is 0 Å². The van der Waals surface area contributed by atoms with Crippen LogP contribution in [-0.2, 0) is 11.3 Å². The van der Waals surface area contributed by atoms with Crippen molar-refractivity contribution in [3.8, 4) is 5.75 Å². The Morgan fingerprint density at radius 1 is 1.29 bits per heavy atom. The Labute approximate surface area is 166 Å². The fourth-order valence-electron chi connectivity index (χ4n) is 3.70. The number of nitrogens with one attached hydrogen (secondary N) is 1. The van der Waals surface area contributed by atoms with E-state index in [0.29, 0.717) is 26.1 Å². The zero-order chi connectivity index (χ0) is 19.9. The van der Waals surface area contributed by atoms with Gasteiger partial charge in [0, 0.05) is 43.8 Å². The molecule has 1 aliphatic carbocycles. The molecule has 1 heterocycles. The number of carbonyl (C=O) groups is 2. The van der Waals surface area contributed by atoms with E-state index in [0.717, 1.165) is 43.5 Å². The SMILES string of the molecule is COc1ccccc1CN(CCCO)C(=O)N[C@H]1CCCN(C(=O)C2CC2)C1. The number of aliphatic hydroxyl groups is 1. The number of rotatable bonds is 8. The summed E-state index contributed by atoms with van der Waals surface area (Å²) in [6, 6.07) is 7.44. The van der Waals surface area contributed by atoms with Crippen molar-refractivity contribution in [2.75, 3.05) is 33.4 Å². The molecule has 0 spiro atoms. The summed E-state index contributed by atoms with van der Waals surface area (Å²) in [5.41, 5.74) is 0.923. The van der Waals surface area contributed by atoms with Crippen LogP contribution in [0.25, 0.3) is 0 Å². The number of methoxy groups -OCH3 is 1. The smallest absolute Gasteiger partial charge is 0.317 e. The van der Waals surface area contributed by atoms with Crippen LogP contribution < -0.4 is 10.1 Å². The summed E-state index contributed by atoms with van der Waals surface area (Å²) in [5.74, 6) is 1.19. The van der Waals surface area contributed by atoms with Crippen LogP contribution in [0.5, 0.6) is 5.75 Å². The Morgan fingerprint density at radius 2 is 2.07 bits per heavy atom. The number of ether oxygens (including phenoxy) is 1. The van der Waals surface area contributed by atoms with Gasteiger partial charge in [0.25, 0.3) is 0 Å². The molecule has 0 aromatic heterocycles. The second kappa shape index (κ2) is 9.78. The Morgan fingerprint density at radius 3 is 2.79 bits per heavy atom. The summed E-state index contributed by atoms with van der Waals surface area (Å²) >= 11 is 0. The largest absolute Gasteiger partial charge is 0.496 e. The third-order valence-corrected chi connectivity index (χ3v) is 5.41. The first-order valence-electron chi connectivity index (χ1n) is 10.2. The van der Waals surface area contributed by atoms with Gasteiger partial charge in [-0.25, -0.2) is 4.79 Å². The molecule has 1 saturated heterocycles. The van der Waals surface area contributed by atoms with E-state index < -0.39 is 0 Å². The lowest BCUT2D eigenvalue weighted by Gasteiger charge is -2.35. The highest BCUT2D eigenvalue weighted by molar-refractivity contribution is 5.81. The summed E-state index contributed by atoms with van der Waals surface area (Å²) in [4.78, 5) is 28.9. The van der Waals surface area contributed by atoms with Crippen LogP contribution in [-0.4, -0.2) is 66.2 Å². The maximum Gasteiger partial charge on any atom is 0.317 e. The van der Waals surface area contributed by atoms with Crippen molar-refractivity contribution in [1.82, 2.24) is 15.1 Å². The number of hydrogen-bond donors (Lipinski definition) is 2. The summed E-state index contributed by atoms with van der Waals surface area (Å²) in [5, 5.41) is 12.3. The molecule has 1 atom stereocenters. The zero-order valence-corrected chi connectivity index (χ0v) is 16.6. The molecule has 7 nitrogen and oxygen atoms in total. The molecule has 7 heteroatoms. The van der Waals surface area contributed by atoms with Gasteiger partial charge in [0.2, 0.25) is 5.91 Å². The molecule has 0 radical (unpaired) electrons.